The number of amides is 1. The smallest absolute Gasteiger partial charge is 0.235 e. The summed E-state index contributed by atoms with van der Waals surface area (Å²) in [4.78, 5) is 12.4. The number of thioether (sulfide) groups is 1. The summed E-state index contributed by atoms with van der Waals surface area (Å²) < 4.78 is 7.11. The number of rotatable bonds is 3. The third-order valence-corrected chi connectivity index (χ3v) is 5.97. The molecule has 2 aromatic carbocycles. The van der Waals surface area contributed by atoms with Gasteiger partial charge in [-0.25, -0.2) is 4.68 Å². The highest BCUT2D eigenvalue weighted by molar-refractivity contribution is 8.00. The number of ether oxygens (including phenoxy) is 1. The number of nitrogens with one attached hydrogen (secondary N) is 1. The highest BCUT2D eigenvalue weighted by Crippen LogP contribution is 2.44. The fraction of sp³-hybridized carbons (Fsp3) is 0.238. The van der Waals surface area contributed by atoms with Crippen molar-refractivity contribution in [1.29, 1.82) is 0 Å². The van der Waals surface area contributed by atoms with Crippen molar-refractivity contribution < 1.29 is 9.53 Å². The number of hydrogen-bond donors (Lipinski definition) is 1. The van der Waals surface area contributed by atoms with Gasteiger partial charge in [-0.3, -0.25) is 4.79 Å². The predicted molar refractivity (Wildman–Crippen MR) is 109 cm³/mol. The zero-order valence-electron chi connectivity index (χ0n) is 15.5. The van der Waals surface area contributed by atoms with Crippen LogP contribution in [0.2, 0.25) is 0 Å². The van der Waals surface area contributed by atoms with E-state index < -0.39 is 0 Å². The average Bonchev–Trinajstić information content (AvgIpc) is 2.88. The summed E-state index contributed by atoms with van der Waals surface area (Å²) in [5.74, 6) is 1.97. The molecule has 1 aromatic heterocycles. The van der Waals surface area contributed by atoms with E-state index in [2.05, 4.69) is 24.4 Å². The lowest BCUT2D eigenvalue weighted by molar-refractivity contribution is -0.113. The molecule has 4 rings (SSSR count). The summed E-state index contributed by atoms with van der Waals surface area (Å²) in [6.45, 7) is 4.05. The molecule has 0 radical (unpaired) electrons. The summed E-state index contributed by atoms with van der Waals surface area (Å²) in [7, 11) is 1.66. The Morgan fingerprint density at radius 2 is 1.81 bits per heavy atom. The van der Waals surface area contributed by atoms with E-state index in [0.717, 1.165) is 34.1 Å². The lowest BCUT2D eigenvalue weighted by Crippen LogP contribution is -2.15. The Balaban J connectivity index is 1.84. The van der Waals surface area contributed by atoms with E-state index in [9.17, 15) is 4.79 Å². The van der Waals surface area contributed by atoms with Crippen LogP contribution in [0, 0.1) is 13.8 Å². The van der Waals surface area contributed by atoms with E-state index in [1.165, 1.54) is 5.56 Å². The number of carbonyl (C=O) groups excluding carboxylic acids is 1. The van der Waals surface area contributed by atoms with Crippen LogP contribution >= 0.6 is 11.8 Å². The second-order valence-electron chi connectivity index (χ2n) is 6.61. The highest BCUT2D eigenvalue weighted by atomic mass is 32.2. The number of anilines is 1. The largest absolute Gasteiger partial charge is 0.497 e. The molecule has 6 heteroatoms. The molecule has 0 spiro atoms. The third-order valence-electron chi connectivity index (χ3n) is 4.70. The topological polar surface area (TPSA) is 56.1 Å². The van der Waals surface area contributed by atoms with Crippen molar-refractivity contribution in [2.75, 3.05) is 18.2 Å². The van der Waals surface area contributed by atoms with Gasteiger partial charge in [0.2, 0.25) is 5.91 Å². The monoisotopic (exact) mass is 379 g/mol. The zero-order valence-corrected chi connectivity index (χ0v) is 16.3. The van der Waals surface area contributed by atoms with Gasteiger partial charge < -0.3 is 10.1 Å². The van der Waals surface area contributed by atoms with Crippen molar-refractivity contribution in [3.8, 4) is 11.4 Å². The zero-order chi connectivity index (χ0) is 19.0. The summed E-state index contributed by atoms with van der Waals surface area (Å²) in [6.07, 6.45) is 0. The van der Waals surface area contributed by atoms with Crippen molar-refractivity contribution in [3.63, 3.8) is 0 Å². The molecular weight excluding hydrogens is 358 g/mol. The van der Waals surface area contributed by atoms with E-state index in [1.54, 1.807) is 18.9 Å². The first-order valence-corrected chi connectivity index (χ1v) is 9.83. The van der Waals surface area contributed by atoms with Crippen LogP contribution in [0.15, 0.2) is 48.5 Å². The Bertz CT molecular complexity index is 978. The van der Waals surface area contributed by atoms with E-state index in [1.807, 2.05) is 48.0 Å². The van der Waals surface area contributed by atoms with Crippen molar-refractivity contribution in [2.45, 2.75) is 19.1 Å². The van der Waals surface area contributed by atoms with E-state index in [0.29, 0.717) is 5.75 Å². The molecule has 1 amide bonds. The Hall–Kier alpha value is -2.73. The Morgan fingerprint density at radius 1 is 1.11 bits per heavy atom. The molecule has 1 atom stereocenters. The quantitative estimate of drug-likeness (QED) is 0.738. The molecule has 0 unspecified atom stereocenters. The van der Waals surface area contributed by atoms with Gasteiger partial charge in [-0.05, 0) is 43.7 Å². The maximum Gasteiger partial charge on any atom is 0.235 e. The lowest BCUT2D eigenvalue weighted by atomic mass is 10.0. The molecule has 0 aliphatic carbocycles. The number of benzene rings is 2. The predicted octanol–water partition coefficient (Wildman–Crippen LogP) is 4.27. The number of carbonyl (C=O) groups is 1. The van der Waals surface area contributed by atoms with Crippen LogP contribution in [0.4, 0.5) is 5.82 Å². The molecule has 0 saturated heterocycles. The molecule has 1 aliphatic heterocycles. The molecule has 27 heavy (non-hydrogen) atoms. The number of methoxy groups -OCH3 is 1. The highest BCUT2D eigenvalue weighted by Gasteiger charge is 2.30. The fourth-order valence-corrected chi connectivity index (χ4v) is 4.49. The van der Waals surface area contributed by atoms with Crippen molar-refractivity contribution in [3.05, 3.63) is 70.9 Å². The van der Waals surface area contributed by atoms with E-state index in [-0.39, 0.29) is 11.2 Å². The number of nitrogens with zero attached hydrogens (tertiary/aromatic N) is 2. The SMILES string of the molecule is COc1ccc([C@H]2SCC(=O)Nc3c2c(C)nn3-c2ccc(C)cc2)cc1. The Kier molecular flexibility index (Phi) is 4.66. The Labute approximate surface area is 162 Å². The number of aromatic nitrogens is 2. The molecule has 2 heterocycles. The molecule has 1 aliphatic rings. The minimum absolute atomic E-state index is 0.00877. The van der Waals surface area contributed by atoms with Crippen molar-refractivity contribution >= 4 is 23.5 Å². The molecule has 0 bridgehead atoms. The number of aryl methyl sites for hydroxylation is 2. The molecule has 0 saturated carbocycles. The fourth-order valence-electron chi connectivity index (χ4n) is 3.30. The Morgan fingerprint density at radius 3 is 2.48 bits per heavy atom. The minimum Gasteiger partial charge on any atom is -0.497 e. The van der Waals surface area contributed by atoms with Crippen LogP contribution in [0.5, 0.6) is 5.75 Å². The maximum atomic E-state index is 12.4. The molecule has 3 aromatic rings. The van der Waals surface area contributed by atoms with Crippen molar-refractivity contribution in [2.24, 2.45) is 0 Å². The number of fused-ring (bicyclic) bond motifs is 1. The second kappa shape index (κ2) is 7.12. The summed E-state index contributed by atoms with van der Waals surface area (Å²) >= 11 is 1.62. The summed E-state index contributed by atoms with van der Waals surface area (Å²) in [5.41, 5.74) is 5.22. The van der Waals surface area contributed by atoms with Gasteiger partial charge in [-0.15, -0.1) is 11.8 Å². The lowest BCUT2D eigenvalue weighted by Gasteiger charge is -2.16. The molecule has 138 valence electrons. The minimum atomic E-state index is -0.00877. The van der Waals surface area contributed by atoms with Crippen LogP contribution in [-0.4, -0.2) is 28.6 Å². The van der Waals surface area contributed by atoms with Gasteiger partial charge in [0.05, 0.1) is 29.5 Å². The average molecular weight is 379 g/mol. The number of hydrogen-bond acceptors (Lipinski definition) is 4. The molecular formula is C21H21N3O2S. The van der Waals surface area contributed by atoms with Crippen LogP contribution in [0.3, 0.4) is 0 Å². The summed E-state index contributed by atoms with van der Waals surface area (Å²) in [6, 6.07) is 16.2. The van der Waals surface area contributed by atoms with Gasteiger partial charge in [0.15, 0.2) is 0 Å². The van der Waals surface area contributed by atoms with E-state index in [4.69, 9.17) is 9.84 Å². The second-order valence-corrected chi connectivity index (χ2v) is 7.70. The van der Waals surface area contributed by atoms with Gasteiger partial charge >= 0.3 is 0 Å². The first-order chi connectivity index (χ1) is 13.1. The van der Waals surface area contributed by atoms with Gasteiger partial charge in [0, 0.05) is 5.56 Å². The van der Waals surface area contributed by atoms with Crippen LogP contribution in [-0.2, 0) is 4.79 Å². The standard InChI is InChI=1S/C21H21N3O2S/c1-13-4-8-16(9-5-13)24-21-19(14(2)23-24)20(27-12-18(25)22-21)15-6-10-17(26-3)11-7-15/h4-11,20H,12H2,1-3H3,(H,22,25)/t20-/m1/s1. The normalized spacial score (nSPS) is 16.4. The van der Waals surface area contributed by atoms with Gasteiger partial charge in [0.1, 0.15) is 11.6 Å². The molecule has 1 N–H and O–H groups in total. The van der Waals surface area contributed by atoms with Gasteiger partial charge in [0.25, 0.3) is 0 Å². The third kappa shape index (κ3) is 3.32. The first kappa shape index (κ1) is 17.7. The van der Waals surface area contributed by atoms with Crippen LogP contribution in [0.1, 0.15) is 27.6 Å². The molecule has 5 nitrogen and oxygen atoms in total. The van der Waals surface area contributed by atoms with Crippen molar-refractivity contribution in [1.82, 2.24) is 9.78 Å². The molecule has 0 fully saturated rings. The maximum absolute atomic E-state index is 12.4. The summed E-state index contributed by atoms with van der Waals surface area (Å²) in [5, 5.41) is 7.84. The van der Waals surface area contributed by atoms with Gasteiger partial charge in [-0.1, -0.05) is 29.8 Å². The first-order valence-electron chi connectivity index (χ1n) is 8.79. The van der Waals surface area contributed by atoms with E-state index >= 15 is 0 Å². The van der Waals surface area contributed by atoms with Crippen LogP contribution in [0.25, 0.3) is 5.69 Å². The van der Waals surface area contributed by atoms with Gasteiger partial charge in [-0.2, -0.15) is 5.10 Å². The van der Waals surface area contributed by atoms with Crippen LogP contribution < -0.4 is 10.1 Å².